The van der Waals surface area contributed by atoms with Crippen molar-refractivity contribution in [3.63, 3.8) is 0 Å². The lowest BCUT2D eigenvalue weighted by Gasteiger charge is -2.29. The van der Waals surface area contributed by atoms with Crippen LogP contribution in [0.1, 0.15) is 31.9 Å². The molecule has 0 saturated heterocycles. The van der Waals surface area contributed by atoms with E-state index in [1.807, 2.05) is 45.0 Å². The molecule has 0 radical (unpaired) electrons. The molecular weight excluding hydrogens is 468 g/mol. The third kappa shape index (κ3) is 7.33. The summed E-state index contributed by atoms with van der Waals surface area (Å²) in [6, 6.07) is 12.4. The molecule has 0 aliphatic carbocycles. The van der Waals surface area contributed by atoms with E-state index in [4.69, 9.17) is 16.3 Å². The van der Waals surface area contributed by atoms with Gasteiger partial charge in [-0.2, -0.15) is 0 Å². The van der Waals surface area contributed by atoms with E-state index in [9.17, 15) is 9.59 Å². The van der Waals surface area contributed by atoms with Crippen LogP contribution in [0.3, 0.4) is 0 Å². The van der Waals surface area contributed by atoms with Crippen LogP contribution in [0.25, 0.3) is 0 Å². The molecule has 2 aromatic carbocycles. The number of hydrogen-bond donors (Lipinski definition) is 1. The molecule has 2 rings (SSSR count). The number of aryl methyl sites for hydroxylation is 1. The Hall–Kier alpha value is -2.05. The molecule has 0 saturated carbocycles. The summed E-state index contributed by atoms with van der Waals surface area (Å²) in [7, 11) is 0. The number of hydrogen-bond acceptors (Lipinski definition) is 3. The molecule has 1 atom stereocenters. The van der Waals surface area contributed by atoms with E-state index in [-0.39, 0.29) is 18.4 Å². The van der Waals surface area contributed by atoms with Crippen LogP contribution in [0.5, 0.6) is 5.75 Å². The zero-order valence-electron chi connectivity index (χ0n) is 17.7. The Kier molecular flexibility index (Phi) is 9.18. The Morgan fingerprint density at radius 3 is 2.53 bits per heavy atom. The van der Waals surface area contributed by atoms with E-state index in [1.165, 1.54) is 0 Å². The van der Waals surface area contributed by atoms with Gasteiger partial charge in [0.1, 0.15) is 11.8 Å². The number of carbonyl (C=O) groups excluding carboxylic acids is 2. The quantitative estimate of drug-likeness (QED) is 0.534. The van der Waals surface area contributed by atoms with Gasteiger partial charge in [-0.15, -0.1) is 0 Å². The minimum Gasteiger partial charge on any atom is -0.483 e. The van der Waals surface area contributed by atoms with Crippen LogP contribution in [0.2, 0.25) is 5.02 Å². The van der Waals surface area contributed by atoms with Gasteiger partial charge in [0.2, 0.25) is 5.91 Å². The molecule has 5 nitrogen and oxygen atoms in total. The highest BCUT2D eigenvalue weighted by Gasteiger charge is 2.26. The first kappa shape index (κ1) is 24.2. The highest BCUT2D eigenvalue weighted by molar-refractivity contribution is 9.10. The van der Waals surface area contributed by atoms with Crippen molar-refractivity contribution in [3.05, 3.63) is 63.1 Å². The van der Waals surface area contributed by atoms with Crippen LogP contribution < -0.4 is 10.1 Å². The molecule has 30 heavy (non-hydrogen) atoms. The van der Waals surface area contributed by atoms with Gasteiger partial charge in [0.25, 0.3) is 5.91 Å². The van der Waals surface area contributed by atoms with Gasteiger partial charge >= 0.3 is 0 Å². The van der Waals surface area contributed by atoms with Crippen LogP contribution in [-0.4, -0.2) is 35.9 Å². The Bertz CT molecular complexity index is 889. The van der Waals surface area contributed by atoms with Gasteiger partial charge in [0.05, 0.1) is 4.47 Å². The maximum Gasteiger partial charge on any atom is 0.261 e. The first-order chi connectivity index (χ1) is 14.2. The smallest absolute Gasteiger partial charge is 0.261 e. The maximum atomic E-state index is 13.0. The molecule has 0 heterocycles. The highest BCUT2D eigenvalue weighted by atomic mass is 79.9. The van der Waals surface area contributed by atoms with Crippen molar-refractivity contribution in [2.75, 3.05) is 13.2 Å². The summed E-state index contributed by atoms with van der Waals surface area (Å²) in [6.07, 6.45) is 0. The number of nitrogens with zero attached hydrogens (tertiary/aromatic N) is 1. The first-order valence-corrected chi connectivity index (χ1v) is 11.0. The molecule has 0 unspecified atom stereocenters. The Balaban J connectivity index is 2.15. The van der Waals surface area contributed by atoms with Crippen molar-refractivity contribution in [2.45, 2.75) is 40.3 Å². The second kappa shape index (κ2) is 11.4. The largest absolute Gasteiger partial charge is 0.483 e. The van der Waals surface area contributed by atoms with E-state index in [1.54, 1.807) is 30.0 Å². The second-order valence-corrected chi connectivity index (χ2v) is 8.98. The standard InChI is InChI=1S/C23H28BrClN2O3/c1-15(2)12-26-23(29)17(4)27(13-18-7-5-6-16(3)10-18)22(28)14-30-21-9-8-19(25)11-20(21)24/h5-11,15,17H,12-14H2,1-4H3,(H,26,29)/t17-/m1/s1. The predicted molar refractivity (Wildman–Crippen MR) is 124 cm³/mol. The van der Waals surface area contributed by atoms with Crippen LogP contribution in [0, 0.1) is 12.8 Å². The minimum absolute atomic E-state index is 0.183. The van der Waals surface area contributed by atoms with Crippen molar-refractivity contribution in [1.29, 1.82) is 0 Å². The van der Waals surface area contributed by atoms with Gasteiger partial charge in [0.15, 0.2) is 6.61 Å². The average Bonchev–Trinajstić information content (AvgIpc) is 2.68. The van der Waals surface area contributed by atoms with Crippen molar-refractivity contribution in [3.8, 4) is 5.75 Å². The summed E-state index contributed by atoms with van der Waals surface area (Å²) < 4.78 is 6.36. The van der Waals surface area contributed by atoms with Crippen molar-refractivity contribution in [1.82, 2.24) is 10.2 Å². The lowest BCUT2D eigenvalue weighted by Crippen LogP contribution is -2.49. The molecule has 162 valence electrons. The van der Waals surface area contributed by atoms with E-state index in [2.05, 4.69) is 21.2 Å². The SMILES string of the molecule is Cc1cccc(CN(C(=O)COc2ccc(Cl)cc2Br)[C@H](C)C(=O)NCC(C)C)c1. The molecule has 1 N–H and O–H groups in total. The fourth-order valence-electron chi connectivity index (χ4n) is 2.86. The summed E-state index contributed by atoms with van der Waals surface area (Å²) >= 11 is 9.34. The number of benzene rings is 2. The lowest BCUT2D eigenvalue weighted by molar-refractivity contribution is -0.142. The maximum absolute atomic E-state index is 13.0. The fourth-order valence-corrected chi connectivity index (χ4v) is 3.65. The number of halogens is 2. The van der Waals surface area contributed by atoms with Crippen LogP contribution in [0.15, 0.2) is 46.9 Å². The molecule has 0 spiro atoms. The molecule has 0 bridgehead atoms. The van der Waals surface area contributed by atoms with Crippen LogP contribution in [0.4, 0.5) is 0 Å². The number of carbonyl (C=O) groups is 2. The Morgan fingerprint density at radius 1 is 1.17 bits per heavy atom. The van der Waals surface area contributed by atoms with E-state index in [0.717, 1.165) is 11.1 Å². The van der Waals surface area contributed by atoms with Gasteiger partial charge in [-0.1, -0.05) is 55.3 Å². The molecule has 0 fully saturated rings. The number of ether oxygens (including phenoxy) is 1. The highest BCUT2D eigenvalue weighted by Crippen LogP contribution is 2.28. The van der Waals surface area contributed by atoms with E-state index < -0.39 is 6.04 Å². The summed E-state index contributed by atoms with van der Waals surface area (Å²) in [5.74, 6) is 0.385. The van der Waals surface area contributed by atoms with Crippen molar-refractivity contribution >= 4 is 39.3 Å². The monoisotopic (exact) mass is 494 g/mol. The van der Waals surface area contributed by atoms with Gasteiger partial charge in [-0.3, -0.25) is 9.59 Å². The predicted octanol–water partition coefficient (Wildman–Crippen LogP) is 4.98. The van der Waals surface area contributed by atoms with Gasteiger partial charge in [0, 0.05) is 18.1 Å². The molecule has 0 aromatic heterocycles. The lowest BCUT2D eigenvalue weighted by atomic mass is 10.1. The third-order valence-electron chi connectivity index (χ3n) is 4.53. The number of nitrogens with one attached hydrogen (secondary N) is 1. The second-order valence-electron chi connectivity index (χ2n) is 7.69. The first-order valence-electron chi connectivity index (χ1n) is 9.88. The number of amides is 2. The van der Waals surface area contributed by atoms with Gasteiger partial charge < -0.3 is 15.0 Å². The molecule has 0 aliphatic rings. The summed E-state index contributed by atoms with van der Waals surface area (Å²) in [5, 5.41) is 3.47. The topological polar surface area (TPSA) is 58.6 Å². The molecule has 2 amide bonds. The van der Waals surface area contributed by atoms with E-state index in [0.29, 0.717) is 34.3 Å². The average molecular weight is 496 g/mol. The summed E-state index contributed by atoms with van der Waals surface area (Å²) in [6.45, 7) is 8.48. The van der Waals surface area contributed by atoms with Gasteiger partial charge in [-0.05, 0) is 59.5 Å². The van der Waals surface area contributed by atoms with Crippen molar-refractivity contribution < 1.29 is 14.3 Å². The molecule has 7 heteroatoms. The summed E-state index contributed by atoms with van der Waals surface area (Å²) in [5.41, 5.74) is 2.05. The minimum atomic E-state index is -0.631. The van der Waals surface area contributed by atoms with Crippen LogP contribution in [-0.2, 0) is 16.1 Å². The molecular formula is C23H28BrClN2O3. The molecule has 0 aliphatic heterocycles. The fraction of sp³-hybridized carbons (Fsp3) is 0.391. The van der Waals surface area contributed by atoms with Crippen LogP contribution >= 0.6 is 27.5 Å². The third-order valence-corrected chi connectivity index (χ3v) is 5.39. The summed E-state index contributed by atoms with van der Waals surface area (Å²) in [4.78, 5) is 27.2. The Morgan fingerprint density at radius 2 is 1.90 bits per heavy atom. The number of rotatable bonds is 9. The zero-order valence-corrected chi connectivity index (χ0v) is 20.1. The zero-order chi connectivity index (χ0) is 22.3. The van der Waals surface area contributed by atoms with Gasteiger partial charge in [-0.25, -0.2) is 0 Å². The van der Waals surface area contributed by atoms with E-state index >= 15 is 0 Å². The van der Waals surface area contributed by atoms with Crippen molar-refractivity contribution in [2.24, 2.45) is 5.92 Å². The molecule has 2 aromatic rings. The normalized spacial score (nSPS) is 11.8. The Labute approximate surface area is 191 Å².